The molecular formula is C13H21FN2. The van der Waals surface area contributed by atoms with E-state index in [1.165, 1.54) is 6.07 Å². The Kier molecular flexibility index (Phi) is 4.90. The summed E-state index contributed by atoms with van der Waals surface area (Å²) >= 11 is 0. The van der Waals surface area contributed by atoms with Crippen molar-refractivity contribution in [3.8, 4) is 0 Å². The van der Waals surface area contributed by atoms with Crippen LogP contribution >= 0.6 is 0 Å². The monoisotopic (exact) mass is 224 g/mol. The van der Waals surface area contributed by atoms with E-state index in [4.69, 9.17) is 5.73 Å². The maximum atomic E-state index is 13.1. The van der Waals surface area contributed by atoms with Gasteiger partial charge < -0.3 is 11.1 Å². The Balaban J connectivity index is 2.74. The minimum absolute atomic E-state index is 0.147. The Morgan fingerprint density at radius 1 is 1.38 bits per heavy atom. The van der Waals surface area contributed by atoms with E-state index in [-0.39, 0.29) is 17.9 Å². The van der Waals surface area contributed by atoms with Crippen molar-refractivity contribution in [3.63, 3.8) is 0 Å². The van der Waals surface area contributed by atoms with E-state index in [1.54, 1.807) is 6.92 Å². The van der Waals surface area contributed by atoms with Crippen LogP contribution in [0.3, 0.4) is 0 Å². The van der Waals surface area contributed by atoms with Gasteiger partial charge in [0.1, 0.15) is 5.82 Å². The van der Waals surface area contributed by atoms with Crippen molar-refractivity contribution in [2.45, 2.75) is 38.8 Å². The highest BCUT2D eigenvalue weighted by atomic mass is 19.1. The molecule has 90 valence electrons. The summed E-state index contributed by atoms with van der Waals surface area (Å²) in [4.78, 5) is 0. The van der Waals surface area contributed by atoms with Crippen molar-refractivity contribution >= 4 is 0 Å². The molecule has 0 bridgehead atoms. The number of hydrogen-bond acceptors (Lipinski definition) is 2. The molecule has 16 heavy (non-hydrogen) atoms. The van der Waals surface area contributed by atoms with Crippen molar-refractivity contribution < 1.29 is 4.39 Å². The molecule has 0 amide bonds. The summed E-state index contributed by atoms with van der Waals surface area (Å²) in [5, 5.41) is 3.24. The number of hydrogen-bond donors (Lipinski definition) is 2. The van der Waals surface area contributed by atoms with Crippen molar-refractivity contribution in [3.05, 3.63) is 35.1 Å². The van der Waals surface area contributed by atoms with E-state index in [1.807, 2.05) is 26.1 Å². The zero-order valence-corrected chi connectivity index (χ0v) is 10.3. The van der Waals surface area contributed by atoms with Crippen molar-refractivity contribution in [2.24, 2.45) is 5.73 Å². The lowest BCUT2D eigenvalue weighted by atomic mass is 9.98. The predicted octanol–water partition coefficient (Wildman–Crippen LogP) is 2.52. The smallest absolute Gasteiger partial charge is 0.126 e. The summed E-state index contributed by atoms with van der Waals surface area (Å²) in [5.74, 6) is -0.147. The zero-order chi connectivity index (χ0) is 12.1. The lowest BCUT2D eigenvalue weighted by Crippen LogP contribution is -2.21. The van der Waals surface area contributed by atoms with Crippen LogP contribution in [0.1, 0.15) is 36.9 Å². The van der Waals surface area contributed by atoms with Crippen LogP contribution in [0.25, 0.3) is 0 Å². The number of halogens is 1. The lowest BCUT2D eigenvalue weighted by molar-refractivity contribution is 0.495. The fourth-order valence-electron chi connectivity index (χ4n) is 1.79. The summed E-state index contributed by atoms with van der Waals surface area (Å²) in [6, 6.07) is 5.73. The molecule has 1 aromatic rings. The van der Waals surface area contributed by atoms with Crippen LogP contribution in [0, 0.1) is 12.7 Å². The highest BCUT2D eigenvalue weighted by molar-refractivity contribution is 5.26. The highest BCUT2D eigenvalue weighted by Crippen LogP contribution is 2.21. The van der Waals surface area contributed by atoms with Gasteiger partial charge in [0.15, 0.2) is 0 Å². The average molecular weight is 224 g/mol. The molecule has 3 heteroatoms. The van der Waals surface area contributed by atoms with Gasteiger partial charge in [-0.15, -0.1) is 0 Å². The van der Waals surface area contributed by atoms with Crippen molar-refractivity contribution in [1.29, 1.82) is 0 Å². The molecule has 0 radical (unpaired) electrons. The molecule has 0 fully saturated rings. The standard InChI is InChI=1S/C13H21FN2/c1-9-8-11(5-6-12(9)14)13(16-3)7-4-10(2)15/h5-6,8,10,13,16H,4,7,15H2,1-3H3. The Morgan fingerprint density at radius 2 is 2.06 bits per heavy atom. The topological polar surface area (TPSA) is 38.0 Å². The van der Waals surface area contributed by atoms with Crippen molar-refractivity contribution in [1.82, 2.24) is 5.32 Å². The second kappa shape index (κ2) is 5.97. The fourth-order valence-corrected chi connectivity index (χ4v) is 1.79. The van der Waals surface area contributed by atoms with E-state index in [0.717, 1.165) is 18.4 Å². The van der Waals surface area contributed by atoms with Gasteiger partial charge in [0, 0.05) is 12.1 Å². The SMILES string of the molecule is CNC(CCC(C)N)c1ccc(F)c(C)c1. The van der Waals surface area contributed by atoms with Crippen LogP contribution in [-0.2, 0) is 0 Å². The molecule has 1 aromatic carbocycles. The van der Waals surface area contributed by atoms with Crippen molar-refractivity contribution in [2.75, 3.05) is 7.05 Å². The van der Waals surface area contributed by atoms with Gasteiger partial charge in [-0.05, 0) is 50.9 Å². The van der Waals surface area contributed by atoms with E-state index >= 15 is 0 Å². The summed E-state index contributed by atoms with van der Waals surface area (Å²) in [7, 11) is 1.92. The van der Waals surface area contributed by atoms with Crippen LogP contribution in [-0.4, -0.2) is 13.1 Å². The molecule has 0 spiro atoms. The highest BCUT2D eigenvalue weighted by Gasteiger charge is 2.11. The lowest BCUT2D eigenvalue weighted by Gasteiger charge is -2.18. The van der Waals surface area contributed by atoms with E-state index in [9.17, 15) is 4.39 Å². The Labute approximate surface area is 97.0 Å². The summed E-state index contributed by atoms with van der Waals surface area (Å²) < 4.78 is 13.1. The molecule has 0 saturated carbocycles. The molecule has 0 aliphatic rings. The van der Waals surface area contributed by atoms with Gasteiger partial charge in [0.25, 0.3) is 0 Å². The molecular weight excluding hydrogens is 203 g/mol. The third-order valence-corrected chi connectivity index (χ3v) is 2.84. The first-order chi connectivity index (χ1) is 7.54. The fraction of sp³-hybridized carbons (Fsp3) is 0.538. The third kappa shape index (κ3) is 3.58. The molecule has 2 atom stereocenters. The molecule has 0 aliphatic carbocycles. The summed E-state index contributed by atoms with van der Waals surface area (Å²) in [6.07, 6.45) is 1.93. The molecule has 0 aliphatic heterocycles. The maximum absolute atomic E-state index is 13.1. The molecule has 1 rings (SSSR count). The number of nitrogens with two attached hydrogens (primary N) is 1. The van der Waals surface area contributed by atoms with Crippen LogP contribution in [0.2, 0.25) is 0 Å². The second-order valence-corrected chi connectivity index (χ2v) is 4.40. The van der Waals surface area contributed by atoms with Gasteiger partial charge in [-0.25, -0.2) is 4.39 Å². The van der Waals surface area contributed by atoms with Gasteiger partial charge in [-0.2, -0.15) is 0 Å². The van der Waals surface area contributed by atoms with E-state index in [2.05, 4.69) is 5.32 Å². The molecule has 0 aromatic heterocycles. The summed E-state index contributed by atoms with van der Waals surface area (Å²) in [6.45, 7) is 3.79. The number of benzene rings is 1. The normalized spacial score (nSPS) is 14.8. The van der Waals surface area contributed by atoms with Crippen LogP contribution in [0.5, 0.6) is 0 Å². The van der Waals surface area contributed by atoms with Gasteiger partial charge in [0.05, 0.1) is 0 Å². The van der Waals surface area contributed by atoms with Crippen LogP contribution < -0.4 is 11.1 Å². The number of aryl methyl sites for hydroxylation is 1. The van der Waals surface area contributed by atoms with E-state index < -0.39 is 0 Å². The maximum Gasteiger partial charge on any atom is 0.126 e. The van der Waals surface area contributed by atoms with E-state index in [0.29, 0.717) is 5.56 Å². The minimum atomic E-state index is -0.147. The quantitative estimate of drug-likeness (QED) is 0.806. The first-order valence-electron chi connectivity index (χ1n) is 5.73. The van der Waals surface area contributed by atoms with Crippen LogP contribution in [0.4, 0.5) is 4.39 Å². The predicted molar refractivity (Wildman–Crippen MR) is 65.8 cm³/mol. The number of rotatable bonds is 5. The third-order valence-electron chi connectivity index (χ3n) is 2.84. The first-order valence-corrected chi connectivity index (χ1v) is 5.73. The van der Waals surface area contributed by atoms with Crippen LogP contribution in [0.15, 0.2) is 18.2 Å². The van der Waals surface area contributed by atoms with Gasteiger partial charge in [-0.3, -0.25) is 0 Å². The molecule has 2 nitrogen and oxygen atoms in total. The van der Waals surface area contributed by atoms with Gasteiger partial charge in [0.2, 0.25) is 0 Å². The Bertz CT molecular complexity index is 337. The summed E-state index contributed by atoms with van der Waals surface area (Å²) in [5.41, 5.74) is 7.56. The Hall–Kier alpha value is -0.930. The van der Waals surface area contributed by atoms with Gasteiger partial charge >= 0.3 is 0 Å². The molecule has 3 N–H and O–H groups in total. The zero-order valence-electron chi connectivity index (χ0n) is 10.3. The average Bonchev–Trinajstić information content (AvgIpc) is 2.23. The number of nitrogens with one attached hydrogen (secondary N) is 1. The largest absolute Gasteiger partial charge is 0.328 e. The Morgan fingerprint density at radius 3 is 2.56 bits per heavy atom. The first kappa shape index (κ1) is 13.1. The molecule has 2 unspecified atom stereocenters. The van der Waals surface area contributed by atoms with Gasteiger partial charge in [-0.1, -0.05) is 12.1 Å². The molecule has 0 saturated heterocycles. The molecule has 0 heterocycles. The minimum Gasteiger partial charge on any atom is -0.328 e. The second-order valence-electron chi connectivity index (χ2n) is 4.40.